The molecule has 6 nitrogen and oxygen atoms in total. The average molecular weight is 225 g/mol. The predicted octanol–water partition coefficient (Wildman–Crippen LogP) is 0.822. The third-order valence-electron chi connectivity index (χ3n) is 1.86. The summed E-state index contributed by atoms with van der Waals surface area (Å²) < 4.78 is 9.84. The molecule has 1 rings (SSSR count). The van der Waals surface area contributed by atoms with Gasteiger partial charge in [0.1, 0.15) is 5.82 Å². The van der Waals surface area contributed by atoms with Gasteiger partial charge >= 0.3 is 6.03 Å². The molecule has 0 fully saturated rings. The van der Waals surface area contributed by atoms with Crippen LogP contribution in [-0.4, -0.2) is 38.1 Å². The first-order valence-corrected chi connectivity index (χ1v) is 4.77. The van der Waals surface area contributed by atoms with Crippen LogP contribution in [-0.2, 0) is 9.47 Å². The highest BCUT2D eigenvalue weighted by Crippen LogP contribution is 1.98. The second kappa shape index (κ2) is 6.76. The highest BCUT2D eigenvalue weighted by molar-refractivity contribution is 5.88. The number of nitrogens with zero attached hydrogens (tertiary/aromatic N) is 1. The molecule has 0 bridgehead atoms. The van der Waals surface area contributed by atoms with Crippen molar-refractivity contribution < 1.29 is 14.3 Å². The van der Waals surface area contributed by atoms with Crippen LogP contribution in [0.5, 0.6) is 0 Å². The third kappa shape index (κ3) is 4.24. The lowest BCUT2D eigenvalue weighted by Gasteiger charge is -2.14. The first-order valence-electron chi connectivity index (χ1n) is 4.77. The SMILES string of the molecule is COC(CNC(=O)Nc1ccccn1)OC. The minimum absolute atomic E-state index is 0.270. The fourth-order valence-corrected chi connectivity index (χ4v) is 1.04. The molecule has 16 heavy (non-hydrogen) atoms. The molecule has 1 heterocycles. The number of pyridine rings is 1. The van der Waals surface area contributed by atoms with Gasteiger partial charge in [0.15, 0.2) is 6.29 Å². The van der Waals surface area contributed by atoms with Crippen molar-refractivity contribution in [3.63, 3.8) is 0 Å². The summed E-state index contributed by atoms with van der Waals surface area (Å²) in [5.74, 6) is 0.492. The van der Waals surface area contributed by atoms with Crippen LogP contribution < -0.4 is 10.6 Å². The van der Waals surface area contributed by atoms with Crippen molar-refractivity contribution in [3.05, 3.63) is 24.4 Å². The summed E-state index contributed by atoms with van der Waals surface area (Å²) in [5.41, 5.74) is 0. The van der Waals surface area contributed by atoms with Crippen LogP contribution in [0.3, 0.4) is 0 Å². The maximum absolute atomic E-state index is 11.4. The van der Waals surface area contributed by atoms with E-state index in [-0.39, 0.29) is 12.6 Å². The topological polar surface area (TPSA) is 72.5 Å². The molecule has 0 aliphatic heterocycles. The van der Waals surface area contributed by atoms with Crippen molar-refractivity contribution in [2.24, 2.45) is 0 Å². The minimum Gasteiger partial charge on any atom is -0.354 e. The number of urea groups is 1. The zero-order chi connectivity index (χ0) is 11.8. The fraction of sp³-hybridized carbons (Fsp3) is 0.400. The summed E-state index contributed by atoms with van der Waals surface area (Å²) in [7, 11) is 3.01. The number of hydrogen-bond donors (Lipinski definition) is 2. The Bertz CT molecular complexity index is 314. The Morgan fingerprint density at radius 1 is 1.44 bits per heavy atom. The Kier molecular flexibility index (Phi) is 5.24. The first-order chi connectivity index (χ1) is 7.76. The van der Waals surface area contributed by atoms with E-state index in [4.69, 9.17) is 9.47 Å². The summed E-state index contributed by atoms with van der Waals surface area (Å²) in [6.45, 7) is 0.270. The number of rotatable bonds is 5. The van der Waals surface area contributed by atoms with Gasteiger partial charge in [-0.05, 0) is 12.1 Å². The van der Waals surface area contributed by atoms with Gasteiger partial charge in [-0.2, -0.15) is 0 Å². The van der Waals surface area contributed by atoms with E-state index in [0.29, 0.717) is 5.82 Å². The molecule has 0 atom stereocenters. The van der Waals surface area contributed by atoms with Gasteiger partial charge in [-0.1, -0.05) is 6.07 Å². The predicted molar refractivity (Wildman–Crippen MR) is 59.1 cm³/mol. The highest BCUT2D eigenvalue weighted by atomic mass is 16.7. The number of methoxy groups -OCH3 is 2. The van der Waals surface area contributed by atoms with Gasteiger partial charge in [-0.3, -0.25) is 5.32 Å². The van der Waals surface area contributed by atoms with Crippen LogP contribution >= 0.6 is 0 Å². The van der Waals surface area contributed by atoms with Gasteiger partial charge < -0.3 is 14.8 Å². The Morgan fingerprint density at radius 3 is 2.75 bits per heavy atom. The van der Waals surface area contributed by atoms with E-state index in [9.17, 15) is 4.79 Å². The number of carbonyl (C=O) groups is 1. The number of carbonyl (C=O) groups excluding carboxylic acids is 1. The molecule has 2 N–H and O–H groups in total. The highest BCUT2D eigenvalue weighted by Gasteiger charge is 2.07. The normalized spacial score (nSPS) is 10.2. The molecule has 0 spiro atoms. The van der Waals surface area contributed by atoms with E-state index in [1.54, 1.807) is 24.4 Å². The van der Waals surface area contributed by atoms with Gasteiger partial charge in [0.2, 0.25) is 0 Å². The lowest BCUT2D eigenvalue weighted by Crippen LogP contribution is -2.36. The van der Waals surface area contributed by atoms with Crippen LogP contribution in [0.25, 0.3) is 0 Å². The largest absolute Gasteiger partial charge is 0.354 e. The summed E-state index contributed by atoms with van der Waals surface area (Å²) in [6.07, 6.45) is 1.15. The van der Waals surface area contributed by atoms with Crippen LogP contribution in [0.15, 0.2) is 24.4 Å². The van der Waals surface area contributed by atoms with Crippen molar-refractivity contribution in [2.45, 2.75) is 6.29 Å². The lowest BCUT2D eigenvalue weighted by molar-refractivity contribution is -0.0970. The second-order valence-electron chi connectivity index (χ2n) is 2.95. The Hall–Kier alpha value is -1.66. The third-order valence-corrected chi connectivity index (χ3v) is 1.86. The Morgan fingerprint density at radius 2 is 2.19 bits per heavy atom. The number of amides is 2. The second-order valence-corrected chi connectivity index (χ2v) is 2.95. The molecule has 1 aromatic heterocycles. The summed E-state index contributed by atoms with van der Waals surface area (Å²) >= 11 is 0. The summed E-state index contributed by atoms with van der Waals surface area (Å²) in [6, 6.07) is 4.91. The van der Waals surface area contributed by atoms with Crippen molar-refractivity contribution in [1.82, 2.24) is 10.3 Å². The van der Waals surface area contributed by atoms with Crippen LogP contribution in [0.2, 0.25) is 0 Å². The van der Waals surface area contributed by atoms with Gasteiger partial charge in [-0.15, -0.1) is 0 Å². The van der Waals surface area contributed by atoms with Crippen LogP contribution in [0, 0.1) is 0 Å². The number of aromatic nitrogens is 1. The molecular weight excluding hydrogens is 210 g/mol. The van der Waals surface area contributed by atoms with E-state index in [1.807, 2.05) is 0 Å². The molecule has 0 saturated heterocycles. The molecule has 0 aromatic carbocycles. The Labute approximate surface area is 94.0 Å². The Balaban J connectivity index is 2.31. The fourth-order valence-electron chi connectivity index (χ4n) is 1.04. The molecule has 6 heteroatoms. The zero-order valence-electron chi connectivity index (χ0n) is 9.27. The number of nitrogens with one attached hydrogen (secondary N) is 2. The van der Waals surface area contributed by atoms with Crippen molar-refractivity contribution >= 4 is 11.8 Å². The van der Waals surface area contributed by atoms with E-state index in [0.717, 1.165) is 0 Å². The minimum atomic E-state index is -0.450. The molecule has 0 radical (unpaired) electrons. The van der Waals surface area contributed by atoms with E-state index in [2.05, 4.69) is 15.6 Å². The molecular formula is C10H15N3O3. The van der Waals surface area contributed by atoms with Crippen molar-refractivity contribution in [2.75, 3.05) is 26.1 Å². The molecule has 0 aliphatic carbocycles. The lowest BCUT2D eigenvalue weighted by atomic mass is 10.5. The van der Waals surface area contributed by atoms with Crippen molar-refractivity contribution in [3.8, 4) is 0 Å². The van der Waals surface area contributed by atoms with Crippen LogP contribution in [0.4, 0.5) is 10.6 Å². The maximum Gasteiger partial charge on any atom is 0.320 e. The van der Waals surface area contributed by atoms with Gasteiger partial charge in [0.05, 0.1) is 6.54 Å². The van der Waals surface area contributed by atoms with Gasteiger partial charge in [-0.25, -0.2) is 9.78 Å². The molecule has 0 unspecified atom stereocenters. The van der Waals surface area contributed by atoms with E-state index >= 15 is 0 Å². The van der Waals surface area contributed by atoms with E-state index in [1.165, 1.54) is 14.2 Å². The number of anilines is 1. The maximum atomic E-state index is 11.4. The number of hydrogen-bond acceptors (Lipinski definition) is 4. The standard InChI is InChI=1S/C10H15N3O3/c1-15-9(16-2)7-12-10(14)13-8-5-3-4-6-11-8/h3-6,9H,7H2,1-2H3,(H2,11,12,13,14). The smallest absolute Gasteiger partial charge is 0.320 e. The molecule has 88 valence electrons. The number of ether oxygens (including phenoxy) is 2. The molecule has 0 saturated carbocycles. The van der Waals surface area contributed by atoms with E-state index < -0.39 is 6.29 Å². The van der Waals surface area contributed by atoms with Crippen LogP contribution in [0.1, 0.15) is 0 Å². The molecule has 2 amide bonds. The zero-order valence-corrected chi connectivity index (χ0v) is 9.27. The van der Waals surface area contributed by atoms with Gasteiger partial charge in [0, 0.05) is 20.4 Å². The summed E-state index contributed by atoms with van der Waals surface area (Å²) in [5, 5.41) is 5.17. The molecule has 1 aromatic rings. The van der Waals surface area contributed by atoms with Gasteiger partial charge in [0.25, 0.3) is 0 Å². The summed E-state index contributed by atoms with van der Waals surface area (Å²) in [4.78, 5) is 15.3. The molecule has 0 aliphatic rings. The quantitative estimate of drug-likeness (QED) is 0.728. The first kappa shape index (κ1) is 12.4. The van der Waals surface area contributed by atoms with Crippen molar-refractivity contribution in [1.29, 1.82) is 0 Å². The average Bonchev–Trinajstić information content (AvgIpc) is 2.31. The monoisotopic (exact) mass is 225 g/mol.